The Morgan fingerprint density at radius 3 is 2.18 bits per heavy atom. The fourth-order valence-electron chi connectivity index (χ4n) is 9.07. The van der Waals surface area contributed by atoms with E-state index in [-0.39, 0.29) is 12.1 Å². The van der Waals surface area contributed by atoms with Gasteiger partial charge in [-0.1, -0.05) is 121 Å². The molecule has 4 nitrogen and oxygen atoms in total. The summed E-state index contributed by atoms with van der Waals surface area (Å²) in [5.41, 5.74) is 11.5. The molecule has 2 heterocycles. The fourth-order valence-corrected chi connectivity index (χ4v) is 9.07. The normalized spacial score (nSPS) is 19.7. The molecule has 0 saturated heterocycles. The Kier molecular flexibility index (Phi) is 6.09. The van der Waals surface area contributed by atoms with Crippen LogP contribution >= 0.6 is 0 Å². The Labute approximate surface area is 296 Å². The number of amidine groups is 2. The number of rotatable bonds is 3. The van der Waals surface area contributed by atoms with Crippen LogP contribution in [0.15, 0.2) is 162 Å². The Balaban J connectivity index is 1.10. The van der Waals surface area contributed by atoms with Gasteiger partial charge in [-0.15, -0.1) is 0 Å². The summed E-state index contributed by atoms with van der Waals surface area (Å²) < 4.78 is 6.72. The van der Waals surface area contributed by atoms with Crippen LogP contribution in [0.3, 0.4) is 0 Å². The lowest BCUT2D eigenvalue weighted by atomic mass is 9.66. The number of ether oxygens (including phenoxy) is 1. The molecule has 4 heteroatoms. The van der Waals surface area contributed by atoms with Crippen molar-refractivity contribution in [3.8, 4) is 22.6 Å². The molecule has 1 spiro atoms. The van der Waals surface area contributed by atoms with Crippen molar-refractivity contribution in [1.29, 1.82) is 0 Å². The van der Waals surface area contributed by atoms with Crippen LogP contribution in [0, 0.1) is 5.92 Å². The standard InChI is InChI=1S/C47H33N3O/c1-2-12-30(13-3-1)44-48-45(50-46(49-44)34-26-31-16-10-14-29-15-11-17-32(27-34)43(29)31)33-24-25-42-40(28-33)47(39-22-8-9-23-41(39)51-42)37-20-6-4-18-35(37)36-19-5-7-21-38(36)47/h1-12,14,16-28,30,44H,13,15H2,(H,48,49,50). The minimum absolute atomic E-state index is 0.167. The molecule has 6 aromatic carbocycles. The zero-order chi connectivity index (χ0) is 33.5. The van der Waals surface area contributed by atoms with Gasteiger partial charge in [-0.25, -0.2) is 9.98 Å². The lowest BCUT2D eigenvalue weighted by Crippen LogP contribution is -2.40. The number of benzene rings is 6. The monoisotopic (exact) mass is 655 g/mol. The average molecular weight is 656 g/mol. The van der Waals surface area contributed by atoms with Crippen LogP contribution in [0.2, 0.25) is 0 Å². The van der Waals surface area contributed by atoms with Crippen LogP contribution in [0.25, 0.3) is 28.0 Å². The number of hydrogen-bond acceptors (Lipinski definition) is 4. The Morgan fingerprint density at radius 2 is 1.37 bits per heavy atom. The smallest absolute Gasteiger partial charge is 0.150 e. The van der Waals surface area contributed by atoms with Crippen molar-refractivity contribution in [3.63, 3.8) is 0 Å². The summed E-state index contributed by atoms with van der Waals surface area (Å²) in [4.78, 5) is 10.7. The average Bonchev–Trinajstić information content (AvgIpc) is 3.49. The predicted molar refractivity (Wildman–Crippen MR) is 207 cm³/mol. The molecule has 3 aliphatic carbocycles. The van der Waals surface area contributed by atoms with Gasteiger partial charge in [0.25, 0.3) is 0 Å². The fraction of sp³-hybridized carbons (Fsp3) is 0.106. The van der Waals surface area contributed by atoms with E-state index in [2.05, 4.69) is 163 Å². The molecule has 11 rings (SSSR count). The van der Waals surface area contributed by atoms with E-state index in [9.17, 15) is 0 Å². The maximum atomic E-state index is 6.72. The van der Waals surface area contributed by atoms with E-state index in [0.29, 0.717) is 0 Å². The molecule has 51 heavy (non-hydrogen) atoms. The quantitative estimate of drug-likeness (QED) is 0.206. The first-order valence-corrected chi connectivity index (χ1v) is 17.9. The summed E-state index contributed by atoms with van der Waals surface area (Å²) in [5, 5.41) is 6.31. The summed E-state index contributed by atoms with van der Waals surface area (Å²) in [6.45, 7) is 0. The number of para-hydroxylation sites is 1. The van der Waals surface area contributed by atoms with Gasteiger partial charge in [-0.2, -0.15) is 0 Å². The molecule has 0 amide bonds. The second-order valence-electron chi connectivity index (χ2n) is 14.0. The number of allylic oxidation sites excluding steroid dienone is 4. The van der Waals surface area contributed by atoms with Gasteiger partial charge in [0.2, 0.25) is 0 Å². The second-order valence-corrected chi connectivity index (χ2v) is 14.0. The molecular formula is C47H33N3O. The van der Waals surface area contributed by atoms with Gasteiger partial charge in [0.15, 0.2) is 6.17 Å². The predicted octanol–water partition coefficient (Wildman–Crippen LogP) is 10.1. The molecule has 2 atom stereocenters. The molecule has 0 aromatic heterocycles. The van der Waals surface area contributed by atoms with E-state index < -0.39 is 5.41 Å². The van der Waals surface area contributed by atoms with Gasteiger partial charge in [0.05, 0.1) is 5.41 Å². The Morgan fingerprint density at radius 1 is 0.627 bits per heavy atom. The molecule has 0 radical (unpaired) electrons. The van der Waals surface area contributed by atoms with Crippen LogP contribution < -0.4 is 10.1 Å². The molecule has 5 aliphatic rings. The molecule has 1 N–H and O–H groups in total. The second kappa shape index (κ2) is 10.9. The topological polar surface area (TPSA) is 46.0 Å². The number of nitrogens with zero attached hydrogens (tertiary/aromatic N) is 2. The maximum absolute atomic E-state index is 6.72. The Bertz CT molecular complexity index is 2580. The van der Waals surface area contributed by atoms with Crippen molar-refractivity contribution in [3.05, 3.63) is 196 Å². The van der Waals surface area contributed by atoms with E-state index >= 15 is 0 Å². The van der Waals surface area contributed by atoms with Gasteiger partial charge in [-0.3, -0.25) is 0 Å². The highest BCUT2D eigenvalue weighted by atomic mass is 16.5. The van der Waals surface area contributed by atoms with Crippen molar-refractivity contribution in [1.82, 2.24) is 5.32 Å². The zero-order valence-corrected chi connectivity index (χ0v) is 27.9. The van der Waals surface area contributed by atoms with E-state index in [1.165, 1.54) is 44.2 Å². The largest absolute Gasteiger partial charge is 0.457 e. The maximum Gasteiger partial charge on any atom is 0.150 e. The van der Waals surface area contributed by atoms with Crippen LogP contribution in [0.1, 0.15) is 50.9 Å². The van der Waals surface area contributed by atoms with Crippen molar-refractivity contribution < 1.29 is 4.74 Å². The van der Waals surface area contributed by atoms with E-state index in [1.54, 1.807) is 0 Å². The van der Waals surface area contributed by atoms with Gasteiger partial charge < -0.3 is 10.1 Å². The summed E-state index contributed by atoms with van der Waals surface area (Å²) >= 11 is 0. The van der Waals surface area contributed by atoms with Crippen LogP contribution in [-0.4, -0.2) is 17.8 Å². The Hall–Kier alpha value is -6.26. The number of fused-ring (bicyclic) bond motifs is 9. The first-order valence-electron chi connectivity index (χ1n) is 17.9. The molecule has 2 aliphatic heterocycles. The molecule has 0 fully saturated rings. The lowest BCUT2D eigenvalue weighted by Gasteiger charge is -2.39. The van der Waals surface area contributed by atoms with Gasteiger partial charge >= 0.3 is 0 Å². The highest BCUT2D eigenvalue weighted by Gasteiger charge is 2.51. The van der Waals surface area contributed by atoms with E-state index in [0.717, 1.165) is 58.3 Å². The molecule has 2 unspecified atom stereocenters. The van der Waals surface area contributed by atoms with E-state index in [1.807, 2.05) is 0 Å². The first-order chi connectivity index (χ1) is 25.3. The van der Waals surface area contributed by atoms with Gasteiger partial charge in [0.1, 0.15) is 23.2 Å². The number of nitrogens with one attached hydrogen (secondary N) is 1. The summed E-state index contributed by atoms with van der Waals surface area (Å²) in [6, 6.07) is 44.0. The third-order valence-electron chi connectivity index (χ3n) is 11.3. The SMILES string of the molecule is C1=CCC(C2N=C(c3ccc4c(c3)C3(c5ccccc5O4)c4ccccc4-c4ccccc43)NC(c3cc4c5c(cccc5c3)CC=C4)=N2)C=C1. The third kappa shape index (κ3) is 4.14. The van der Waals surface area contributed by atoms with Crippen molar-refractivity contribution >= 4 is 28.5 Å². The summed E-state index contributed by atoms with van der Waals surface area (Å²) in [6.07, 6.45) is 14.8. The van der Waals surface area contributed by atoms with E-state index in [4.69, 9.17) is 14.7 Å². The van der Waals surface area contributed by atoms with Crippen LogP contribution in [0.4, 0.5) is 0 Å². The minimum Gasteiger partial charge on any atom is -0.457 e. The summed E-state index contributed by atoms with van der Waals surface area (Å²) in [7, 11) is 0. The van der Waals surface area contributed by atoms with Crippen LogP contribution in [0.5, 0.6) is 11.5 Å². The highest BCUT2D eigenvalue weighted by Crippen LogP contribution is 2.62. The minimum atomic E-state index is -0.541. The summed E-state index contributed by atoms with van der Waals surface area (Å²) in [5.74, 6) is 3.59. The van der Waals surface area contributed by atoms with Crippen LogP contribution in [-0.2, 0) is 11.8 Å². The molecule has 0 saturated carbocycles. The molecular weight excluding hydrogens is 623 g/mol. The first kappa shape index (κ1) is 28.6. The van der Waals surface area contributed by atoms with Crippen molar-refractivity contribution in [2.24, 2.45) is 15.9 Å². The molecule has 6 aromatic rings. The lowest BCUT2D eigenvalue weighted by molar-refractivity contribution is 0.436. The number of aliphatic imine (C=N–C) groups is 2. The molecule has 0 bridgehead atoms. The third-order valence-corrected chi connectivity index (χ3v) is 11.3. The van der Waals surface area contributed by atoms with Gasteiger partial charge in [0, 0.05) is 28.2 Å². The van der Waals surface area contributed by atoms with Crippen molar-refractivity contribution in [2.45, 2.75) is 24.4 Å². The number of hydrogen-bond donors (Lipinski definition) is 1. The van der Waals surface area contributed by atoms with Crippen molar-refractivity contribution in [2.75, 3.05) is 0 Å². The zero-order valence-electron chi connectivity index (χ0n) is 27.9. The van der Waals surface area contributed by atoms with Gasteiger partial charge in [-0.05, 0) is 93.4 Å². The molecule has 242 valence electrons. The highest BCUT2D eigenvalue weighted by molar-refractivity contribution is 6.17.